The summed E-state index contributed by atoms with van der Waals surface area (Å²) in [4.78, 5) is 9.85. The summed E-state index contributed by atoms with van der Waals surface area (Å²) in [5.41, 5.74) is -3.16. The van der Waals surface area contributed by atoms with Crippen LogP contribution in [0.15, 0.2) is 36.4 Å². The third-order valence-electron chi connectivity index (χ3n) is 2.75. The molecule has 8 heteroatoms. The minimum absolute atomic E-state index is 0.423. The molecule has 0 N–H and O–H groups in total. The Labute approximate surface area is 114 Å². The highest BCUT2D eigenvalue weighted by Crippen LogP contribution is 2.37. The van der Waals surface area contributed by atoms with Gasteiger partial charge in [0.05, 0.1) is 16.1 Å². The van der Waals surface area contributed by atoms with Crippen LogP contribution in [0.3, 0.4) is 0 Å². The van der Waals surface area contributed by atoms with Crippen LogP contribution in [0.1, 0.15) is 5.56 Å². The third kappa shape index (κ3) is 2.83. The van der Waals surface area contributed by atoms with Gasteiger partial charge in [-0.1, -0.05) is 12.1 Å². The third-order valence-corrected chi connectivity index (χ3v) is 2.75. The second-order valence-corrected chi connectivity index (χ2v) is 4.09. The fraction of sp³-hybridized carbons (Fsp3) is 0.0769. The monoisotopic (exact) mass is 303 g/mol. The van der Waals surface area contributed by atoms with Crippen LogP contribution in [-0.2, 0) is 6.18 Å². The first-order valence-corrected chi connectivity index (χ1v) is 5.52. The molecule has 0 saturated carbocycles. The fourth-order valence-electron chi connectivity index (χ4n) is 1.82. The maximum atomic E-state index is 13.8. The summed E-state index contributed by atoms with van der Waals surface area (Å²) in [6.07, 6.45) is -4.70. The van der Waals surface area contributed by atoms with Crippen LogP contribution in [0.25, 0.3) is 11.1 Å². The molecular weight excluding hydrogens is 297 g/mol. The molecule has 21 heavy (non-hydrogen) atoms. The first-order chi connectivity index (χ1) is 9.71. The van der Waals surface area contributed by atoms with Crippen molar-refractivity contribution in [1.82, 2.24) is 0 Å². The van der Waals surface area contributed by atoms with Crippen molar-refractivity contribution >= 4 is 5.69 Å². The Balaban J connectivity index is 2.72. The van der Waals surface area contributed by atoms with Crippen molar-refractivity contribution in [2.24, 2.45) is 0 Å². The summed E-state index contributed by atoms with van der Waals surface area (Å²) in [7, 11) is 0. The molecule has 0 heterocycles. The van der Waals surface area contributed by atoms with Crippen LogP contribution in [0, 0.1) is 21.7 Å². The van der Waals surface area contributed by atoms with Gasteiger partial charge in [-0.15, -0.1) is 0 Å². The molecule has 110 valence electrons. The van der Waals surface area contributed by atoms with Crippen molar-refractivity contribution in [3.63, 3.8) is 0 Å². The van der Waals surface area contributed by atoms with E-state index in [0.29, 0.717) is 18.2 Å². The summed E-state index contributed by atoms with van der Waals surface area (Å²) in [6.45, 7) is 0. The fourth-order valence-corrected chi connectivity index (χ4v) is 1.82. The van der Waals surface area contributed by atoms with E-state index in [-0.39, 0.29) is 0 Å². The van der Waals surface area contributed by atoms with Gasteiger partial charge in [0, 0.05) is 6.07 Å². The maximum Gasteiger partial charge on any atom is 0.416 e. The van der Waals surface area contributed by atoms with E-state index in [9.17, 15) is 32.1 Å². The lowest BCUT2D eigenvalue weighted by atomic mass is 10.0. The number of benzene rings is 2. The Morgan fingerprint density at radius 2 is 1.71 bits per heavy atom. The molecule has 0 amide bonds. The molecule has 0 aliphatic carbocycles. The summed E-state index contributed by atoms with van der Waals surface area (Å²) < 4.78 is 64.9. The van der Waals surface area contributed by atoms with E-state index in [1.54, 1.807) is 0 Å². The number of hydrogen-bond acceptors (Lipinski definition) is 2. The lowest BCUT2D eigenvalue weighted by Crippen LogP contribution is -2.05. The molecule has 0 fully saturated rings. The second-order valence-electron chi connectivity index (χ2n) is 4.09. The Morgan fingerprint density at radius 1 is 1.05 bits per heavy atom. The van der Waals surface area contributed by atoms with Gasteiger partial charge in [0.2, 0.25) is 0 Å². The van der Waals surface area contributed by atoms with Crippen molar-refractivity contribution in [2.75, 3.05) is 0 Å². The summed E-state index contributed by atoms with van der Waals surface area (Å²) in [6, 6.07) is 4.52. The highest BCUT2D eigenvalue weighted by Gasteiger charge is 2.31. The molecule has 0 unspecified atom stereocenters. The predicted molar refractivity (Wildman–Crippen MR) is 63.5 cm³/mol. The van der Waals surface area contributed by atoms with E-state index in [4.69, 9.17) is 0 Å². The van der Waals surface area contributed by atoms with Gasteiger partial charge in [-0.2, -0.15) is 13.2 Å². The number of halogens is 5. The van der Waals surface area contributed by atoms with Crippen LogP contribution in [0.2, 0.25) is 0 Å². The van der Waals surface area contributed by atoms with Gasteiger partial charge >= 0.3 is 6.18 Å². The molecule has 0 bridgehead atoms. The summed E-state index contributed by atoms with van der Waals surface area (Å²) in [5.74, 6) is -2.95. The van der Waals surface area contributed by atoms with Crippen LogP contribution >= 0.6 is 0 Å². The second kappa shape index (κ2) is 5.12. The van der Waals surface area contributed by atoms with Gasteiger partial charge < -0.3 is 0 Å². The zero-order chi connectivity index (χ0) is 15.8. The van der Waals surface area contributed by atoms with Gasteiger partial charge in [-0.05, 0) is 23.8 Å². The summed E-state index contributed by atoms with van der Waals surface area (Å²) >= 11 is 0. The van der Waals surface area contributed by atoms with E-state index >= 15 is 0 Å². The van der Waals surface area contributed by atoms with Crippen molar-refractivity contribution in [3.8, 4) is 11.1 Å². The number of rotatable bonds is 2. The Bertz CT molecular complexity index is 712. The minimum atomic E-state index is -4.70. The SMILES string of the molecule is O=[N+]([O-])c1ccc(F)c(F)c1-c1cccc(C(F)(F)F)c1. The van der Waals surface area contributed by atoms with Crippen LogP contribution < -0.4 is 0 Å². The van der Waals surface area contributed by atoms with E-state index < -0.39 is 45.1 Å². The predicted octanol–water partition coefficient (Wildman–Crippen LogP) is 4.56. The molecule has 2 aromatic rings. The molecule has 0 spiro atoms. The number of hydrogen-bond donors (Lipinski definition) is 0. The first kappa shape index (κ1) is 14.9. The molecule has 0 saturated heterocycles. The molecule has 2 rings (SSSR count). The molecule has 0 aliphatic heterocycles. The normalized spacial score (nSPS) is 11.5. The number of alkyl halides is 3. The van der Waals surface area contributed by atoms with E-state index in [2.05, 4.69) is 0 Å². The van der Waals surface area contributed by atoms with Gasteiger partial charge in [0.1, 0.15) is 0 Å². The number of nitrogens with zero attached hydrogens (tertiary/aromatic N) is 1. The molecule has 0 atom stereocenters. The Kier molecular flexibility index (Phi) is 3.63. The zero-order valence-corrected chi connectivity index (χ0v) is 10.1. The quantitative estimate of drug-likeness (QED) is 0.464. The molecule has 2 aromatic carbocycles. The van der Waals surface area contributed by atoms with E-state index in [1.165, 1.54) is 0 Å². The van der Waals surface area contributed by atoms with Crippen molar-refractivity contribution in [2.45, 2.75) is 6.18 Å². The minimum Gasteiger partial charge on any atom is -0.258 e. The molecular formula is C13H6F5NO2. The van der Waals surface area contributed by atoms with Crippen LogP contribution in [0.4, 0.5) is 27.6 Å². The average Bonchev–Trinajstić information content (AvgIpc) is 2.40. The molecule has 0 radical (unpaired) electrons. The van der Waals surface area contributed by atoms with Gasteiger partial charge in [0.25, 0.3) is 5.69 Å². The zero-order valence-electron chi connectivity index (χ0n) is 10.1. The molecule has 3 nitrogen and oxygen atoms in total. The topological polar surface area (TPSA) is 43.1 Å². The maximum absolute atomic E-state index is 13.8. The standard InChI is InChI=1S/C13H6F5NO2/c14-9-4-5-10(19(20)21)11(12(9)15)7-2-1-3-8(6-7)13(16,17)18/h1-6H. The van der Waals surface area contributed by atoms with Crippen molar-refractivity contribution in [1.29, 1.82) is 0 Å². The summed E-state index contributed by atoms with van der Waals surface area (Å²) in [5, 5.41) is 10.8. The lowest BCUT2D eigenvalue weighted by Gasteiger charge is -2.10. The van der Waals surface area contributed by atoms with E-state index in [0.717, 1.165) is 18.2 Å². The average molecular weight is 303 g/mol. The van der Waals surface area contributed by atoms with Crippen LogP contribution in [0.5, 0.6) is 0 Å². The highest BCUT2D eigenvalue weighted by atomic mass is 19.4. The van der Waals surface area contributed by atoms with Crippen molar-refractivity contribution < 1.29 is 26.9 Å². The smallest absolute Gasteiger partial charge is 0.258 e. The number of nitro groups is 1. The van der Waals surface area contributed by atoms with Crippen LogP contribution in [-0.4, -0.2) is 4.92 Å². The lowest BCUT2D eigenvalue weighted by molar-refractivity contribution is -0.384. The molecule has 0 aromatic heterocycles. The van der Waals surface area contributed by atoms with Crippen molar-refractivity contribution in [3.05, 3.63) is 63.7 Å². The van der Waals surface area contributed by atoms with E-state index in [1.807, 2.05) is 0 Å². The van der Waals surface area contributed by atoms with Gasteiger partial charge in [-0.25, -0.2) is 8.78 Å². The Morgan fingerprint density at radius 3 is 2.29 bits per heavy atom. The van der Waals surface area contributed by atoms with Gasteiger partial charge in [-0.3, -0.25) is 10.1 Å². The Hall–Kier alpha value is -2.51. The highest BCUT2D eigenvalue weighted by molar-refractivity contribution is 5.74. The first-order valence-electron chi connectivity index (χ1n) is 5.52. The molecule has 0 aliphatic rings. The number of nitro benzene ring substituents is 1. The van der Waals surface area contributed by atoms with Gasteiger partial charge in [0.15, 0.2) is 11.6 Å². The largest absolute Gasteiger partial charge is 0.416 e.